The van der Waals surface area contributed by atoms with Crippen molar-refractivity contribution in [2.24, 2.45) is 0 Å². The minimum Gasteiger partial charge on any atom is -0.369 e. The fourth-order valence-electron chi connectivity index (χ4n) is 0.762. The number of hydrogen-bond acceptors (Lipinski definition) is 2. The lowest BCUT2D eigenvalue weighted by molar-refractivity contribution is 0.958. The first-order chi connectivity index (χ1) is 4.83. The summed E-state index contributed by atoms with van der Waals surface area (Å²) in [5.41, 5.74) is 1.10. The quantitative estimate of drug-likeness (QED) is 0.666. The highest BCUT2D eigenvalue weighted by Gasteiger charge is 1.92. The number of aryl methyl sites for hydroxylation is 1. The molecule has 1 rings (SSSR count). The standard InChI is InChI=1S/C7H13N3/c1-3-4-8-7-5-6(2)9-10-7/h5H,3-4H2,1-2H3,(H2,8,9,10). The topological polar surface area (TPSA) is 40.7 Å². The molecule has 0 fully saturated rings. The summed E-state index contributed by atoms with van der Waals surface area (Å²) in [6, 6.07) is 2.00. The van der Waals surface area contributed by atoms with Crippen LogP contribution in [0.4, 0.5) is 5.82 Å². The van der Waals surface area contributed by atoms with Crippen LogP contribution in [-0.4, -0.2) is 16.7 Å². The first-order valence-corrected chi connectivity index (χ1v) is 3.59. The van der Waals surface area contributed by atoms with Crippen LogP contribution in [0.5, 0.6) is 0 Å². The fraction of sp³-hybridized carbons (Fsp3) is 0.571. The van der Waals surface area contributed by atoms with Gasteiger partial charge in [0.1, 0.15) is 5.82 Å². The first kappa shape index (κ1) is 7.12. The summed E-state index contributed by atoms with van der Waals surface area (Å²) in [4.78, 5) is 0. The van der Waals surface area contributed by atoms with E-state index in [1.165, 1.54) is 0 Å². The molecule has 0 saturated carbocycles. The number of rotatable bonds is 3. The molecule has 3 heteroatoms. The van der Waals surface area contributed by atoms with Crippen molar-refractivity contribution < 1.29 is 0 Å². The summed E-state index contributed by atoms with van der Waals surface area (Å²) in [7, 11) is 0. The Morgan fingerprint density at radius 3 is 3.00 bits per heavy atom. The largest absolute Gasteiger partial charge is 0.369 e. The second-order valence-corrected chi connectivity index (χ2v) is 2.36. The van der Waals surface area contributed by atoms with Crippen molar-refractivity contribution in [3.63, 3.8) is 0 Å². The molecule has 0 bridgehead atoms. The van der Waals surface area contributed by atoms with E-state index in [4.69, 9.17) is 0 Å². The zero-order chi connectivity index (χ0) is 7.40. The van der Waals surface area contributed by atoms with Crippen LogP contribution >= 0.6 is 0 Å². The second-order valence-electron chi connectivity index (χ2n) is 2.36. The molecule has 0 aliphatic heterocycles. The molecule has 0 atom stereocenters. The van der Waals surface area contributed by atoms with Crippen LogP contribution in [0.3, 0.4) is 0 Å². The van der Waals surface area contributed by atoms with Crippen LogP contribution in [0.1, 0.15) is 19.0 Å². The summed E-state index contributed by atoms with van der Waals surface area (Å²) in [6.07, 6.45) is 1.13. The van der Waals surface area contributed by atoms with Gasteiger partial charge in [0, 0.05) is 18.3 Å². The Hall–Kier alpha value is -0.990. The van der Waals surface area contributed by atoms with E-state index in [1.807, 2.05) is 13.0 Å². The Bertz CT molecular complexity index is 192. The van der Waals surface area contributed by atoms with Gasteiger partial charge in [-0.25, -0.2) is 0 Å². The molecule has 2 N–H and O–H groups in total. The van der Waals surface area contributed by atoms with E-state index in [9.17, 15) is 0 Å². The highest BCUT2D eigenvalue weighted by Crippen LogP contribution is 2.02. The van der Waals surface area contributed by atoms with Crippen molar-refractivity contribution in [3.05, 3.63) is 11.8 Å². The summed E-state index contributed by atoms with van der Waals surface area (Å²) in [6.45, 7) is 5.11. The monoisotopic (exact) mass is 139 g/mol. The molecule has 1 heterocycles. The van der Waals surface area contributed by atoms with Crippen molar-refractivity contribution in [2.45, 2.75) is 20.3 Å². The number of nitrogens with zero attached hydrogens (tertiary/aromatic N) is 1. The molecule has 0 aromatic carbocycles. The van der Waals surface area contributed by atoms with Crippen molar-refractivity contribution in [3.8, 4) is 0 Å². The average Bonchev–Trinajstić information content (AvgIpc) is 2.31. The van der Waals surface area contributed by atoms with Crippen LogP contribution in [0.2, 0.25) is 0 Å². The molecule has 3 nitrogen and oxygen atoms in total. The van der Waals surface area contributed by atoms with Gasteiger partial charge >= 0.3 is 0 Å². The van der Waals surface area contributed by atoms with Gasteiger partial charge in [0.25, 0.3) is 0 Å². The van der Waals surface area contributed by atoms with Gasteiger partial charge in [-0.2, -0.15) is 5.10 Å². The van der Waals surface area contributed by atoms with E-state index in [-0.39, 0.29) is 0 Å². The van der Waals surface area contributed by atoms with E-state index < -0.39 is 0 Å². The molecule has 0 amide bonds. The molecule has 10 heavy (non-hydrogen) atoms. The minimum absolute atomic E-state index is 0.944. The van der Waals surface area contributed by atoms with Gasteiger partial charge in [0.2, 0.25) is 0 Å². The second kappa shape index (κ2) is 3.25. The summed E-state index contributed by atoms with van der Waals surface area (Å²) in [5.74, 6) is 0.944. The summed E-state index contributed by atoms with van der Waals surface area (Å²) >= 11 is 0. The predicted octanol–water partition coefficient (Wildman–Crippen LogP) is 1.54. The Morgan fingerprint density at radius 2 is 2.50 bits per heavy atom. The molecule has 0 aliphatic carbocycles. The summed E-state index contributed by atoms with van der Waals surface area (Å²) < 4.78 is 0. The summed E-state index contributed by atoms with van der Waals surface area (Å²) in [5, 5.41) is 10.1. The van der Waals surface area contributed by atoms with E-state index in [2.05, 4.69) is 22.4 Å². The molecular formula is C7H13N3. The third-order valence-corrected chi connectivity index (χ3v) is 1.26. The molecular weight excluding hydrogens is 126 g/mol. The maximum absolute atomic E-state index is 4.02. The Labute approximate surface area is 60.8 Å². The third-order valence-electron chi connectivity index (χ3n) is 1.26. The lowest BCUT2D eigenvalue weighted by atomic mass is 10.4. The van der Waals surface area contributed by atoms with Crippen LogP contribution in [0.15, 0.2) is 6.07 Å². The number of aromatic amines is 1. The van der Waals surface area contributed by atoms with Crippen molar-refractivity contribution in [1.29, 1.82) is 0 Å². The van der Waals surface area contributed by atoms with Crippen molar-refractivity contribution in [1.82, 2.24) is 10.2 Å². The van der Waals surface area contributed by atoms with Crippen LogP contribution in [-0.2, 0) is 0 Å². The fourth-order valence-corrected chi connectivity index (χ4v) is 0.762. The van der Waals surface area contributed by atoms with E-state index in [0.717, 1.165) is 24.5 Å². The van der Waals surface area contributed by atoms with Gasteiger partial charge in [-0.1, -0.05) is 6.92 Å². The van der Waals surface area contributed by atoms with Gasteiger partial charge in [-0.3, -0.25) is 5.10 Å². The maximum atomic E-state index is 4.02. The number of H-pyrrole nitrogens is 1. The van der Waals surface area contributed by atoms with E-state index >= 15 is 0 Å². The highest BCUT2D eigenvalue weighted by atomic mass is 15.2. The normalized spacial score (nSPS) is 9.80. The van der Waals surface area contributed by atoms with Gasteiger partial charge in [-0.05, 0) is 13.3 Å². The zero-order valence-electron chi connectivity index (χ0n) is 6.44. The van der Waals surface area contributed by atoms with Crippen molar-refractivity contribution in [2.75, 3.05) is 11.9 Å². The van der Waals surface area contributed by atoms with Crippen LogP contribution < -0.4 is 5.32 Å². The Morgan fingerprint density at radius 1 is 1.70 bits per heavy atom. The van der Waals surface area contributed by atoms with E-state index in [1.54, 1.807) is 0 Å². The van der Waals surface area contributed by atoms with E-state index in [0.29, 0.717) is 0 Å². The maximum Gasteiger partial charge on any atom is 0.148 e. The molecule has 1 aromatic heterocycles. The lowest BCUT2D eigenvalue weighted by Gasteiger charge is -1.96. The molecule has 0 spiro atoms. The van der Waals surface area contributed by atoms with Gasteiger partial charge < -0.3 is 5.32 Å². The zero-order valence-corrected chi connectivity index (χ0v) is 6.44. The Kier molecular flexibility index (Phi) is 2.31. The molecule has 1 aromatic rings. The van der Waals surface area contributed by atoms with Gasteiger partial charge in [0.15, 0.2) is 0 Å². The van der Waals surface area contributed by atoms with Gasteiger partial charge in [-0.15, -0.1) is 0 Å². The number of aromatic nitrogens is 2. The van der Waals surface area contributed by atoms with Crippen molar-refractivity contribution >= 4 is 5.82 Å². The smallest absolute Gasteiger partial charge is 0.148 e. The third kappa shape index (κ3) is 1.76. The molecule has 56 valence electrons. The number of anilines is 1. The molecule has 0 aliphatic rings. The van der Waals surface area contributed by atoms with Crippen LogP contribution in [0, 0.1) is 6.92 Å². The minimum atomic E-state index is 0.944. The lowest BCUT2D eigenvalue weighted by Crippen LogP contribution is -1.99. The van der Waals surface area contributed by atoms with Gasteiger partial charge in [0.05, 0.1) is 0 Å². The molecule has 0 saturated heterocycles. The predicted molar refractivity (Wildman–Crippen MR) is 42.1 cm³/mol. The highest BCUT2D eigenvalue weighted by molar-refractivity contribution is 5.34. The molecule has 0 unspecified atom stereocenters. The first-order valence-electron chi connectivity index (χ1n) is 3.59. The number of nitrogens with one attached hydrogen (secondary N) is 2. The van der Waals surface area contributed by atoms with Crippen LogP contribution in [0.25, 0.3) is 0 Å². The average molecular weight is 139 g/mol. The Balaban J connectivity index is 2.42. The number of hydrogen-bond donors (Lipinski definition) is 2. The molecule has 0 radical (unpaired) electrons. The SMILES string of the molecule is CCCNc1cc(C)[nH]n1.